The van der Waals surface area contributed by atoms with Crippen molar-refractivity contribution in [3.05, 3.63) is 16.6 Å². The number of rotatable bonds is 2. The zero-order valence-corrected chi connectivity index (χ0v) is 11.9. The van der Waals surface area contributed by atoms with E-state index < -0.39 is 5.97 Å². The minimum absolute atomic E-state index is 0. The molecule has 1 aromatic rings. The van der Waals surface area contributed by atoms with E-state index in [1.54, 1.807) is 23.0 Å². The lowest BCUT2D eigenvalue weighted by atomic mass is 9.85. The number of likely N-dealkylation sites (tertiary alicyclic amines) is 1. The molecule has 98 valence electrons. The summed E-state index contributed by atoms with van der Waals surface area (Å²) in [6.07, 6.45) is 2.53. The number of nitrogens with zero attached hydrogens (tertiary/aromatic N) is 2. The molecule has 2 atom stereocenters. The number of thiazole rings is 1. The molecule has 2 unspecified atom stereocenters. The van der Waals surface area contributed by atoms with Crippen LogP contribution in [-0.4, -0.2) is 41.1 Å². The third-order valence-electron chi connectivity index (χ3n) is 2.95. The number of carbonyl (C=O) groups is 1. The number of aliphatic carboxylic acids is 1. The van der Waals surface area contributed by atoms with Crippen LogP contribution in [0.2, 0.25) is 0 Å². The molecule has 0 spiro atoms. The summed E-state index contributed by atoms with van der Waals surface area (Å²) < 4.78 is 0. The Kier molecular flexibility index (Phi) is 7.01. The molecule has 1 fully saturated rings. The summed E-state index contributed by atoms with van der Waals surface area (Å²) in [5.41, 5.74) is 1.77. The quantitative estimate of drug-likeness (QED) is 0.908. The minimum atomic E-state index is -0.679. The highest BCUT2D eigenvalue weighted by molar-refractivity contribution is 7.09. The van der Waals surface area contributed by atoms with Crippen LogP contribution in [-0.2, 0) is 4.79 Å². The van der Waals surface area contributed by atoms with Crippen LogP contribution in [0.4, 0.5) is 0 Å². The molecule has 2 heterocycles. The number of hydrogen-bond acceptors (Lipinski definition) is 4. The third-order valence-corrected chi connectivity index (χ3v) is 3.86. The van der Waals surface area contributed by atoms with Gasteiger partial charge in [0.15, 0.2) is 0 Å². The first-order valence-electron chi connectivity index (χ1n) is 4.98. The van der Waals surface area contributed by atoms with Gasteiger partial charge in [0.25, 0.3) is 0 Å². The lowest BCUT2D eigenvalue weighted by Gasteiger charge is -2.33. The molecule has 17 heavy (non-hydrogen) atoms. The van der Waals surface area contributed by atoms with E-state index in [0.717, 1.165) is 24.4 Å². The van der Waals surface area contributed by atoms with Gasteiger partial charge in [-0.2, -0.15) is 0 Å². The lowest BCUT2D eigenvalue weighted by molar-refractivity contribution is -0.144. The van der Waals surface area contributed by atoms with Crippen molar-refractivity contribution in [1.29, 1.82) is 0 Å². The Bertz CT molecular complexity index is 348. The molecule has 1 aliphatic rings. The first kappa shape index (κ1) is 16.6. The van der Waals surface area contributed by atoms with E-state index in [-0.39, 0.29) is 36.6 Å². The van der Waals surface area contributed by atoms with Crippen LogP contribution in [0.3, 0.4) is 0 Å². The summed E-state index contributed by atoms with van der Waals surface area (Å²) in [6, 6.07) is 0. The number of likely N-dealkylation sites (N-methyl/N-ethyl adjacent to an activating group) is 1. The lowest BCUT2D eigenvalue weighted by Crippen LogP contribution is -2.39. The second-order valence-electron chi connectivity index (χ2n) is 4.01. The average molecular weight is 299 g/mol. The number of halogens is 2. The van der Waals surface area contributed by atoms with Gasteiger partial charge in [0.1, 0.15) is 0 Å². The Morgan fingerprint density at radius 2 is 2.29 bits per heavy atom. The van der Waals surface area contributed by atoms with E-state index >= 15 is 0 Å². The summed E-state index contributed by atoms with van der Waals surface area (Å²) in [4.78, 5) is 18.4. The van der Waals surface area contributed by atoms with Crippen LogP contribution >= 0.6 is 36.2 Å². The fraction of sp³-hybridized carbons (Fsp3) is 0.600. The van der Waals surface area contributed by atoms with Crippen molar-refractivity contribution >= 4 is 42.1 Å². The van der Waals surface area contributed by atoms with Crippen molar-refractivity contribution in [2.75, 3.05) is 20.1 Å². The Morgan fingerprint density at radius 1 is 1.59 bits per heavy atom. The van der Waals surface area contributed by atoms with Crippen LogP contribution in [0, 0.1) is 5.92 Å². The van der Waals surface area contributed by atoms with Crippen LogP contribution in [0.5, 0.6) is 0 Å². The highest BCUT2D eigenvalue weighted by atomic mass is 35.5. The van der Waals surface area contributed by atoms with Gasteiger partial charge in [0.05, 0.1) is 11.4 Å². The fourth-order valence-electron chi connectivity index (χ4n) is 2.11. The molecule has 0 aliphatic carbocycles. The van der Waals surface area contributed by atoms with Crippen molar-refractivity contribution in [3.63, 3.8) is 0 Å². The topological polar surface area (TPSA) is 53.4 Å². The molecule has 1 N–H and O–H groups in total. The Balaban J connectivity index is 0.00000128. The van der Waals surface area contributed by atoms with E-state index in [0.29, 0.717) is 0 Å². The van der Waals surface area contributed by atoms with E-state index in [2.05, 4.69) is 9.88 Å². The molecule has 1 aromatic heterocycles. The van der Waals surface area contributed by atoms with Gasteiger partial charge in [-0.15, -0.1) is 36.2 Å². The van der Waals surface area contributed by atoms with Gasteiger partial charge in [-0.05, 0) is 20.0 Å². The smallest absolute Gasteiger partial charge is 0.307 e. The third kappa shape index (κ3) is 3.81. The predicted octanol–water partition coefficient (Wildman–Crippen LogP) is 2.11. The van der Waals surface area contributed by atoms with Gasteiger partial charge in [-0.3, -0.25) is 9.78 Å². The van der Waals surface area contributed by atoms with Crippen molar-refractivity contribution < 1.29 is 9.90 Å². The van der Waals surface area contributed by atoms with Crippen molar-refractivity contribution in [2.45, 2.75) is 12.3 Å². The molecule has 2 rings (SSSR count). The molecule has 0 amide bonds. The highest BCUT2D eigenvalue weighted by Crippen LogP contribution is 2.33. The second-order valence-corrected chi connectivity index (χ2v) is 4.92. The number of piperidine rings is 1. The number of aromatic nitrogens is 1. The Labute approximate surface area is 117 Å². The molecule has 0 radical (unpaired) electrons. The first-order chi connectivity index (χ1) is 7.18. The van der Waals surface area contributed by atoms with Crippen LogP contribution < -0.4 is 0 Å². The van der Waals surface area contributed by atoms with E-state index in [4.69, 9.17) is 5.11 Å². The summed E-state index contributed by atoms with van der Waals surface area (Å²) in [6.45, 7) is 1.69. The van der Waals surface area contributed by atoms with Crippen molar-refractivity contribution in [3.8, 4) is 0 Å². The molecule has 1 aliphatic heterocycles. The van der Waals surface area contributed by atoms with E-state index in [1.807, 2.05) is 7.05 Å². The van der Waals surface area contributed by atoms with Crippen LogP contribution in [0.1, 0.15) is 17.2 Å². The molecule has 1 saturated heterocycles. The van der Waals surface area contributed by atoms with Gasteiger partial charge >= 0.3 is 5.97 Å². The summed E-state index contributed by atoms with van der Waals surface area (Å²) in [5.74, 6) is -0.822. The van der Waals surface area contributed by atoms with Gasteiger partial charge in [0, 0.05) is 23.5 Å². The maximum Gasteiger partial charge on any atom is 0.307 e. The van der Waals surface area contributed by atoms with Gasteiger partial charge < -0.3 is 10.0 Å². The maximum absolute atomic E-state index is 11.1. The van der Waals surface area contributed by atoms with Gasteiger partial charge in [-0.1, -0.05) is 0 Å². The Morgan fingerprint density at radius 3 is 2.82 bits per heavy atom. The largest absolute Gasteiger partial charge is 0.481 e. The average Bonchev–Trinajstić information content (AvgIpc) is 2.69. The first-order valence-corrected chi connectivity index (χ1v) is 5.86. The molecule has 7 heteroatoms. The minimum Gasteiger partial charge on any atom is -0.481 e. The van der Waals surface area contributed by atoms with E-state index in [1.165, 1.54) is 0 Å². The molecular formula is C10H16Cl2N2O2S. The van der Waals surface area contributed by atoms with Crippen LogP contribution in [0.25, 0.3) is 0 Å². The normalized spacial score (nSPS) is 24.5. The fourth-order valence-corrected chi connectivity index (χ4v) is 2.89. The van der Waals surface area contributed by atoms with E-state index in [9.17, 15) is 4.79 Å². The number of hydrogen-bond donors (Lipinski definition) is 1. The number of carboxylic acid groups (broad SMARTS) is 1. The standard InChI is InChI=1S/C10H14N2O2S.2ClH/c1-12-3-2-7(10(13)14)8(5-12)9-4-11-6-15-9;;/h4,6-8H,2-3,5H2,1H3,(H,13,14);2*1H. The van der Waals surface area contributed by atoms with Gasteiger partial charge in [0.2, 0.25) is 0 Å². The van der Waals surface area contributed by atoms with Crippen molar-refractivity contribution in [2.24, 2.45) is 5.92 Å². The zero-order chi connectivity index (χ0) is 10.8. The monoisotopic (exact) mass is 298 g/mol. The second kappa shape index (κ2) is 7.16. The molecule has 4 nitrogen and oxygen atoms in total. The summed E-state index contributed by atoms with van der Waals surface area (Å²) in [7, 11) is 2.03. The summed E-state index contributed by atoms with van der Waals surface area (Å²) >= 11 is 1.55. The number of carboxylic acids is 1. The molecule has 0 bridgehead atoms. The molecule has 0 saturated carbocycles. The Hall–Kier alpha value is -0.360. The van der Waals surface area contributed by atoms with Gasteiger partial charge in [-0.25, -0.2) is 0 Å². The zero-order valence-electron chi connectivity index (χ0n) is 9.41. The summed E-state index contributed by atoms with van der Waals surface area (Å²) in [5, 5.41) is 9.16. The molecular weight excluding hydrogens is 283 g/mol. The predicted molar refractivity (Wildman–Crippen MR) is 72.6 cm³/mol. The highest BCUT2D eigenvalue weighted by Gasteiger charge is 2.34. The maximum atomic E-state index is 11.1. The van der Waals surface area contributed by atoms with Crippen molar-refractivity contribution in [1.82, 2.24) is 9.88 Å². The SMILES string of the molecule is CN1CCC(C(=O)O)C(c2cncs2)C1.Cl.Cl. The molecule has 0 aromatic carbocycles. The van der Waals surface area contributed by atoms with Crippen LogP contribution in [0.15, 0.2) is 11.7 Å².